The SMILES string of the molecule is COc1cccc(CNc2nc(C#C[C@]3(O)CCC[C@@H](C)C3)nc3nc[nH]c23)c1. The van der Waals surface area contributed by atoms with Crippen LogP contribution in [-0.2, 0) is 6.54 Å². The van der Waals surface area contributed by atoms with Gasteiger partial charge in [0.2, 0.25) is 5.82 Å². The van der Waals surface area contributed by atoms with Crippen LogP contribution in [0.15, 0.2) is 30.6 Å². The van der Waals surface area contributed by atoms with Gasteiger partial charge in [0.15, 0.2) is 11.5 Å². The van der Waals surface area contributed by atoms with Crippen LogP contribution in [0.5, 0.6) is 5.75 Å². The maximum Gasteiger partial charge on any atom is 0.209 e. The molecule has 4 rings (SSSR count). The standard InChI is InChI=1S/C22H25N5O2/c1-15-5-4-9-22(28,12-15)10-8-18-26-20(19-21(27-18)25-14-24-19)23-13-16-6-3-7-17(11-16)29-2/h3,6-7,11,14-15,28H,4-5,9,12-13H2,1-2H3,(H2,23,24,25,26,27)/t15-,22-/m1/s1. The number of fused-ring (bicyclic) bond motifs is 1. The molecule has 0 aliphatic heterocycles. The Kier molecular flexibility index (Phi) is 5.36. The fourth-order valence-corrected chi connectivity index (χ4v) is 3.79. The molecule has 3 N–H and O–H groups in total. The van der Waals surface area contributed by atoms with Crippen molar-refractivity contribution in [3.63, 3.8) is 0 Å². The average Bonchev–Trinajstić information content (AvgIpc) is 3.19. The highest BCUT2D eigenvalue weighted by Gasteiger charge is 2.30. The Labute approximate surface area is 170 Å². The summed E-state index contributed by atoms with van der Waals surface area (Å²) >= 11 is 0. The first-order valence-corrected chi connectivity index (χ1v) is 9.88. The van der Waals surface area contributed by atoms with E-state index in [1.807, 2.05) is 24.3 Å². The van der Waals surface area contributed by atoms with E-state index in [9.17, 15) is 5.11 Å². The minimum atomic E-state index is -0.963. The van der Waals surface area contributed by atoms with Crippen molar-refractivity contribution in [1.29, 1.82) is 0 Å². The molecule has 29 heavy (non-hydrogen) atoms. The molecule has 2 atom stereocenters. The molecule has 2 heterocycles. The first-order valence-electron chi connectivity index (χ1n) is 9.88. The Balaban J connectivity index is 1.58. The number of nitrogens with zero attached hydrogens (tertiary/aromatic N) is 3. The molecule has 0 bridgehead atoms. The van der Waals surface area contributed by atoms with E-state index >= 15 is 0 Å². The second-order valence-corrected chi connectivity index (χ2v) is 7.69. The van der Waals surface area contributed by atoms with Gasteiger partial charge in [0.1, 0.15) is 16.9 Å². The first-order chi connectivity index (χ1) is 14.0. The molecule has 3 aromatic rings. The van der Waals surface area contributed by atoms with Crippen LogP contribution in [-0.4, -0.2) is 37.8 Å². The second-order valence-electron chi connectivity index (χ2n) is 7.69. The van der Waals surface area contributed by atoms with Crippen LogP contribution in [0, 0.1) is 17.8 Å². The number of ether oxygens (including phenoxy) is 1. The summed E-state index contributed by atoms with van der Waals surface area (Å²) in [5.74, 6) is 8.25. The molecule has 0 saturated heterocycles. The zero-order valence-corrected chi connectivity index (χ0v) is 16.7. The van der Waals surface area contributed by atoms with Gasteiger partial charge in [0.05, 0.1) is 13.4 Å². The van der Waals surface area contributed by atoms with Gasteiger partial charge in [-0.25, -0.2) is 9.97 Å². The highest BCUT2D eigenvalue weighted by atomic mass is 16.5. The molecule has 150 valence electrons. The van der Waals surface area contributed by atoms with Gasteiger partial charge in [-0.1, -0.05) is 31.4 Å². The van der Waals surface area contributed by atoms with Crippen LogP contribution in [0.1, 0.15) is 44.0 Å². The summed E-state index contributed by atoms with van der Waals surface area (Å²) in [6, 6.07) is 7.84. The molecule has 1 fully saturated rings. The van der Waals surface area contributed by atoms with E-state index < -0.39 is 5.60 Å². The number of aromatic amines is 1. The molecule has 0 spiro atoms. The van der Waals surface area contributed by atoms with Gasteiger partial charge in [-0.3, -0.25) is 0 Å². The van der Waals surface area contributed by atoms with Crippen molar-refractivity contribution in [3.05, 3.63) is 42.0 Å². The number of aliphatic hydroxyl groups is 1. The van der Waals surface area contributed by atoms with Gasteiger partial charge in [0, 0.05) is 6.54 Å². The van der Waals surface area contributed by atoms with Crippen LogP contribution in [0.25, 0.3) is 11.2 Å². The molecule has 1 aromatic carbocycles. The molecular formula is C22H25N5O2. The lowest BCUT2D eigenvalue weighted by Crippen LogP contribution is -2.32. The molecular weight excluding hydrogens is 366 g/mol. The number of nitrogens with one attached hydrogen (secondary N) is 2. The van der Waals surface area contributed by atoms with Crippen LogP contribution in [0.3, 0.4) is 0 Å². The highest BCUT2D eigenvalue weighted by Crippen LogP contribution is 2.31. The lowest BCUT2D eigenvalue weighted by Gasteiger charge is -2.30. The Morgan fingerprint density at radius 3 is 3.10 bits per heavy atom. The zero-order valence-electron chi connectivity index (χ0n) is 16.7. The lowest BCUT2D eigenvalue weighted by atomic mass is 9.79. The van der Waals surface area contributed by atoms with Gasteiger partial charge in [0.25, 0.3) is 0 Å². The van der Waals surface area contributed by atoms with Crippen LogP contribution >= 0.6 is 0 Å². The van der Waals surface area contributed by atoms with Gasteiger partial charge in [-0.15, -0.1) is 0 Å². The molecule has 0 amide bonds. The molecule has 2 aromatic heterocycles. The molecule has 1 aliphatic carbocycles. The van der Waals surface area contributed by atoms with Crippen molar-refractivity contribution >= 4 is 17.0 Å². The Bertz CT molecular complexity index is 1070. The summed E-state index contributed by atoms with van der Waals surface area (Å²) < 4.78 is 5.28. The highest BCUT2D eigenvalue weighted by molar-refractivity contribution is 5.82. The Morgan fingerprint density at radius 2 is 2.28 bits per heavy atom. The number of hydrogen-bond donors (Lipinski definition) is 3. The minimum Gasteiger partial charge on any atom is -0.497 e. The van der Waals surface area contributed by atoms with E-state index in [2.05, 4.69) is 44.0 Å². The van der Waals surface area contributed by atoms with E-state index in [1.54, 1.807) is 13.4 Å². The van der Waals surface area contributed by atoms with Gasteiger partial charge in [-0.05, 0) is 48.8 Å². The maximum absolute atomic E-state index is 10.8. The van der Waals surface area contributed by atoms with E-state index in [0.29, 0.717) is 42.6 Å². The van der Waals surface area contributed by atoms with Crippen LogP contribution in [0.2, 0.25) is 0 Å². The largest absolute Gasteiger partial charge is 0.497 e. The van der Waals surface area contributed by atoms with Crippen LogP contribution < -0.4 is 10.1 Å². The number of benzene rings is 1. The lowest BCUT2D eigenvalue weighted by molar-refractivity contribution is 0.0410. The fourth-order valence-electron chi connectivity index (χ4n) is 3.79. The van der Waals surface area contributed by atoms with Crippen molar-refractivity contribution < 1.29 is 9.84 Å². The zero-order chi connectivity index (χ0) is 20.3. The molecule has 1 saturated carbocycles. The van der Waals surface area contributed by atoms with Gasteiger partial charge < -0.3 is 20.1 Å². The number of imidazole rings is 1. The molecule has 7 nitrogen and oxygen atoms in total. The molecule has 0 unspecified atom stereocenters. The Morgan fingerprint density at radius 1 is 1.38 bits per heavy atom. The number of H-pyrrole nitrogens is 1. The van der Waals surface area contributed by atoms with Gasteiger partial charge >= 0.3 is 0 Å². The third-order valence-corrected chi connectivity index (χ3v) is 5.26. The molecule has 1 aliphatic rings. The average molecular weight is 391 g/mol. The fraction of sp³-hybridized carbons (Fsp3) is 0.409. The normalized spacial score (nSPS) is 21.4. The predicted octanol–water partition coefficient (Wildman–Crippen LogP) is 3.27. The van der Waals surface area contributed by atoms with Crippen molar-refractivity contribution in [2.24, 2.45) is 5.92 Å². The number of methoxy groups -OCH3 is 1. The summed E-state index contributed by atoms with van der Waals surface area (Å²) in [7, 11) is 1.65. The molecule has 0 radical (unpaired) electrons. The van der Waals surface area contributed by atoms with Crippen molar-refractivity contribution in [2.45, 2.75) is 44.8 Å². The Hall–Kier alpha value is -3.11. The van der Waals surface area contributed by atoms with E-state index in [1.165, 1.54) is 0 Å². The van der Waals surface area contributed by atoms with E-state index in [0.717, 1.165) is 29.7 Å². The molecule has 7 heteroatoms. The van der Waals surface area contributed by atoms with Gasteiger partial charge in [-0.2, -0.15) is 4.98 Å². The van der Waals surface area contributed by atoms with Crippen molar-refractivity contribution in [3.8, 4) is 17.6 Å². The summed E-state index contributed by atoms with van der Waals surface area (Å²) in [5.41, 5.74) is 1.37. The smallest absolute Gasteiger partial charge is 0.209 e. The summed E-state index contributed by atoms with van der Waals surface area (Å²) in [6.07, 6.45) is 5.09. The number of aromatic nitrogens is 4. The summed E-state index contributed by atoms with van der Waals surface area (Å²) in [6.45, 7) is 2.72. The van der Waals surface area contributed by atoms with Crippen molar-refractivity contribution in [1.82, 2.24) is 19.9 Å². The summed E-state index contributed by atoms with van der Waals surface area (Å²) in [5, 5.41) is 14.1. The first kappa shape index (κ1) is 19.2. The van der Waals surface area contributed by atoms with E-state index in [-0.39, 0.29) is 0 Å². The third-order valence-electron chi connectivity index (χ3n) is 5.26. The predicted molar refractivity (Wildman–Crippen MR) is 111 cm³/mol. The minimum absolute atomic E-state index is 0.351. The second kappa shape index (κ2) is 8.10. The van der Waals surface area contributed by atoms with Crippen molar-refractivity contribution in [2.75, 3.05) is 12.4 Å². The maximum atomic E-state index is 10.8. The quantitative estimate of drug-likeness (QED) is 0.591. The van der Waals surface area contributed by atoms with Crippen LogP contribution in [0.4, 0.5) is 5.82 Å². The number of hydrogen-bond acceptors (Lipinski definition) is 6. The summed E-state index contributed by atoms with van der Waals surface area (Å²) in [4.78, 5) is 16.3. The number of anilines is 1. The third kappa shape index (κ3) is 4.49. The monoisotopic (exact) mass is 391 g/mol. The topological polar surface area (TPSA) is 95.9 Å². The van der Waals surface area contributed by atoms with E-state index in [4.69, 9.17) is 4.74 Å². The number of rotatable bonds is 4.